The molecular weight excluding hydrogens is 228 g/mol. The largest absolute Gasteiger partial charge is 0.490 e. The van der Waals surface area contributed by atoms with Gasteiger partial charge in [0, 0.05) is 7.11 Å². The van der Waals surface area contributed by atoms with Gasteiger partial charge in [0.15, 0.2) is 5.78 Å². The van der Waals surface area contributed by atoms with Gasteiger partial charge in [0.2, 0.25) is 0 Å². The molecule has 98 valence electrons. The molecule has 1 aromatic carbocycles. The molecule has 1 fully saturated rings. The lowest BCUT2D eigenvalue weighted by Crippen LogP contribution is -2.47. The van der Waals surface area contributed by atoms with Crippen LogP contribution in [0, 0.1) is 0 Å². The lowest BCUT2D eigenvalue weighted by Gasteiger charge is -2.39. The van der Waals surface area contributed by atoms with Gasteiger partial charge in [0.05, 0.1) is 11.7 Å². The van der Waals surface area contributed by atoms with E-state index in [4.69, 9.17) is 9.47 Å². The monoisotopic (exact) mass is 248 g/mol. The van der Waals surface area contributed by atoms with Crippen LogP contribution in [0.4, 0.5) is 0 Å². The molecule has 0 N–H and O–H groups in total. The molecule has 0 heterocycles. The van der Waals surface area contributed by atoms with Crippen molar-refractivity contribution < 1.29 is 14.3 Å². The third-order valence-corrected chi connectivity index (χ3v) is 3.46. The van der Waals surface area contributed by atoms with Gasteiger partial charge in [0.1, 0.15) is 11.4 Å². The predicted molar refractivity (Wildman–Crippen MR) is 70.1 cm³/mol. The van der Waals surface area contributed by atoms with Gasteiger partial charge < -0.3 is 9.47 Å². The number of carbonyl (C=O) groups is 1. The van der Waals surface area contributed by atoms with Crippen LogP contribution in [0.5, 0.6) is 5.75 Å². The summed E-state index contributed by atoms with van der Waals surface area (Å²) in [6.45, 7) is 3.91. The molecular formula is C15H20O3. The van der Waals surface area contributed by atoms with Crippen LogP contribution in [0.1, 0.15) is 43.5 Å². The maximum absolute atomic E-state index is 12.6. The number of ketones is 1. The summed E-state index contributed by atoms with van der Waals surface area (Å²) in [4.78, 5) is 12.6. The normalized spacial score (nSPS) is 17.3. The first-order chi connectivity index (χ1) is 8.59. The van der Waals surface area contributed by atoms with E-state index < -0.39 is 5.60 Å². The fraction of sp³-hybridized carbons (Fsp3) is 0.533. The van der Waals surface area contributed by atoms with Crippen molar-refractivity contribution in [3.63, 3.8) is 0 Å². The average Bonchev–Trinajstić information content (AvgIpc) is 2.28. The van der Waals surface area contributed by atoms with Gasteiger partial charge >= 0.3 is 0 Å². The summed E-state index contributed by atoms with van der Waals surface area (Å²) in [6, 6.07) is 7.41. The molecule has 0 radical (unpaired) electrons. The van der Waals surface area contributed by atoms with Gasteiger partial charge in [0.25, 0.3) is 0 Å². The van der Waals surface area contributed by atoms with E-state index in [1.165, 1.54) is 0 Å². The number of para-hydroxylation sites is 1. The van der Waals surface area contributed by atoms with Crippen molar-refractivity contribution in [2.24, 2.45) is 0 Å². The van der Waals surface area contributed by atoms with E-state index in [9.17, 15) is 4.79 Å². The molecule has 1 saturated carbocycles. The fourth-order valence-electron chi connectivity index (χ4n) is 2.28. The summed E-state index contributed by atoms with van der Waals surface area (Å²) < 4.78 is 11.1. The molecule has 1 aromatic rings. The number of ether oxygens (including phenoxy) is 2. The first kappa shape index (κ1) is 13.1. The maximum atomic E-state index is 12.6. The van der Waals surface area contributed by atoms with E-state index in [1.807, 2.05) is 38.1 Å². The highest BCUT2D eigenvalue weighted by molar-refractivity contribution is 6.05. The molecule has 1 aliphatic rings. The summed E-state index contributed by atoms with van der Waals surface area (Å²) in [7, 11) is 1.61. The molecule has 0 unspecified atom stereocenters. The summed E-state index contributed by atoms with van der Waals surface area (Å²) in [5.74, 6) is 0.702. The molecule has 0 aromatic heterocycles. The predicted octanol–water partition coefficient (Wildman–Crippen LogP) is 3.23. The standard InChI is InChI=1S/C15H20O3/c1-11(2)18-13-8-5-4-7-12(13)14(16)15(17-3)9-6-10-15/h4-5,7-8,11H,6,9-10H2,1-3H3. The molecule has 3 nitrogen and oxygen atoms in total. The Bertz CT molecular complexity index is 428. The minimum atomic E-state index is -0.615. The number of hydrogen-bond acceptors (Lipinski definition) is 3. The highest BCUT2D eigenvalue weighted by atomic mass is 16.5. The molecule has 0 aliphatic heterocycles. The van der Waals surface area contributed by atoms with Gasteiger partial charge in [-0.25, -0.2) is 0 Å². The number of carbonyl (C=O) groups excluding carboxylic acids is 1. The van der Waals surface area contributed by atoms with Gasteiger partial charge in [-0.3, -0.25) is 4.79 Å². The van der Waals surface area contributed by atoms with E-state index in [-0.39, 0.29) is 11.9 Å². The first-order valence-electron chi connectivity index (χ1n) is 6.45. The molecule has 3 heteroatoms. The quantitative estimate of drug-likeness (QED) is 0.750. The van der Waals surface area contributed by atoms with Crippen LogP contribution in [0.2, 0.25) is 0 Å². The van der Waals surface area contributed by atoms with Crippen LogP contribution in [-0.4, -0.2) is 24.6 Å². The minimum Gasteiger partial charge on any atom is -0.490 e. The Balaban J connectivity index is 2.30. The van der Waals surface area contributed by atoms with E-state index in [0.717, 1.165) is 19.3 Å². The molecule has 0 saturated heterocycles. The van der Waals surface area contributed by atoms with Crippen molar-refractivity contribution >= 4 is 5.78 Å². The van der Waals surface area contributed by atoms with Crippen molar-refractivity contribution in [2.75, 3.05) is 7.11 Å². The SMILES string of the molecule is COC1(C(=O)c2ccccc2OC(C)C)CCC1. The van der Waals surface area contributed by atoms with Crippen molar-refractivity contribution in [3.8, 4) is 5.75 Å². The van der Waals surface area contributed by atoms with Crippen molar-refractivity contribution in [1.82, 2.24) is 0 Å². The van der Waals surface area contributed by atoms with E-state index in [1.54, 1.807) is 7.11 Å². The highest BCUT2D eigenvalue weighted by Gasteiger charge is 2.45. The Labute approximate surface area is 108 Å². The third-order valence-electron chi connectivity index (χ3n) is 3.46. The van der Waals surface area contributed by atoms with Crippen molar-refractivity contribution in [3.05, 3.63) is 29.8 Å². The van der Waals surface area contributed by atoms with Gasteiger partial charge in [-0.15, -0.1) is 0 Å². The van der Waals surface area contributed by atoms with Crippen LogP contribution < -0.4 is 4.74 Å². The zero-order valence-corrected chi connectivity index (χ0v) is 11.2. The van der Waals surface area contributed by atoms with Crippen LogP contribution >= 0.6 is 0 Å². The number of hydrogen-bond donors (Lipinski definition) is 0. The Kier molecular flexibility index (Phi) is 3.71. The second kappa shape index (κ2) is 5.11. The van der Waals surface area contributed by atoms with E-state index in [2.05, 4.69) is 0 Å². The maximum Gasteiger partial charge on any atom is 0.198 e. The molecule has 0 bridgehead atoms. The molecule has 0 atom stereocenters. The number of methoxy groups -OCH3 is 1. The van der Waals surface area contributed by atoms with Crippen LogP contribution in [0.15, 0.2) is 24.3 Å². The van der Waals surface area contributed by atoms with Crippen LogP contribution in [-0.2, 0) is 4.74 Å². The highest BCUT2D eigenvalue weighted by Crippen LogP contribution is 2.39. The van der Waals surface area contributed by atoms with Gasteiger partial charge in [-0.05, 0) is 45.2 Å². The van der Waals surface area contributed by atoms with Crippen molar-refractivity contribution in [1.29, 1.82) is 0 Å². The van der Waals surface area contributed by atoms with Crippen LogP contribution in [0.3, 0.4) is 0 Å². The molecule has 2 rings (SSSR count). The number of rotatable bonds is 5. The Hall–Kier alpha value is -1.35. The second-order valence-corrected chi connectivity index (χ2v) is 5.04. The zero-order valence-electron chi connectivity index (χ0n) is 11.2. The second-order valence-electron chi connectivity index (χ2n) is 5.04. The summed E-state index contributed by atoms with van der Waals surface area (Å²) >= 11 is 0. The van der Waals surface area contributed by atoms with E-state index >= 15 is 0 Å². The first-order valence-corrected chi connectivity index (χ1v) is 6.45. The lowest BCUT2D eigenvalue weighted by atomic mass is 9.74. The average molecular weight is 248 g/mol. The minimum absolute atomic E-state index is 0.0486. The van der Waals surface area contributed by atoms with Crippen LogP contribution in [0.25, 0.3) is 0 Å². The van der Waals surface area contributed by atoms with Crippen molar-refractivity contribution in [2.45, 2.75) is 44.8 Å². The summed E-state index contributed by atoms with van der Waals surface area (Å²) in [5.41, 5.74) is 0.0175. The number of Topliss-reactive ketones (excluding diaryl/α,β-unsaturated/α-hetero) is 1. The summed E-state index contributed by atoms with van der Waals surface area (Å²) in [6.07, 6.45) is 2.71. The number of benzene rings is 1. The smallest absolute Gasteiger partial charge is 0.198 e. The van der Waals surface area contributed by atoms with E-state index in [0.29, 0.717) is 11.3 Å². The van der Waals surface area contributed by atoms with Gasteiger partial charge in [-0.2, -0.15) is 0 Å². The van der Waals surface area contributed by atoms with Gasteiger partial charge in [-0.1, -0.05) is 12.1 Å². The molecule has 18 heavy (non-hydrogen) atoms. The fourth-order valence-corrected chi connectivity index (χ4v) is 2.28. The zero-order chi connectivity index (χ0) is 13.2. The molecule has 0 amide bonds. The third kappa shape index (κ3) is 2.27. The topological polar surface area (TPSA) is 35.5 Å². The summed E-state index contributed by atoms with van der Waals surface area (Å²) in [5, 5.41) is 0. The molecule has 1 aliphatic carbocycles. The Morgan fingerprint density at radius 3 is 2.44 bits per heavy atom. The molecule has 0 spiro atoms. The lowest BCUT2D eigenvalue weighted by molar-refractivity contribution is -0.0450. The Morgan fingerprint density at radius 2 is 1.94 bits per heavy atom. The Morgan fingerprint density at radius 1 is 1.28 bits per heavy atom.